The minimum atomic E-state index is -0.987. The highest BCUT2D eigenvalue weighted by Gasteiger charge is 2.51. The quantitative estimate of drug-likeness (QED) is 0.736. The minimum absolute atomic E-state index is 0.185. The second-order valence-corrected chi connectivity index (χ2v) is 5.91. The Bertz CT molecular complexity index is 459. The molecule has 0 saturated heterocycles. The van der Waals surface area contributed by atoms with Crippen molar-refractivity contribution in [1.82, 2.24) is 0 Å². The van der Waals surface area contributed by atoms with E-state index in [-0.39, 0.29) is 11.8 Å². The van der Waals surface area contributed by atoms with Crippen LogP contribution in [0.4, 0.5) is 0 Å². The normalized spacial score (nSPS) is 31.6. The van der Waals surface area contributed by atoms with Gasteiger partial charge >= 0.3 is 11.9 Å². The Kier molecular flexibility index (Phi) is 4.66. The van der Waals surface area contributed by atoms with Crippen LogP contribution in [0.3, 0.4) is 0 Å². The van der Waals surface area contributed by atoms with Gasteiger partial charge in [0.1, 0.15) is 0 Å². The molecule has 3 rings (SSSR count). The zero-order chi connectivity index (χ0) is 15.6. The molecule has 4 heteroatoms. The van der Waals surface area contributed by atoms with Crippen LogP contribution < -0.4 is 0 Å². The van der Waals surface area contributed by atoms with Gasteiger partial charge in [-0.1, -0.05) is 29.7 Å². The third kappa shape index (κ3) is 2.67. The molecule has 4 unspecified atom stereocenters. The monoisotopic (exact) mass is 290 g/mol. The van der Waals surface area contributed by atoms with Crippen molar-refractivity contribution in [2.45, 2.75) is 32.1 Å². The number of rotatable bonds is 6. The van der Waals surface area contributed by atoms with E-state index in [4.69, 9.17) is 0 Å². The van der Waals surface area contributed by atoms with Gasteiger partial charge in [-0.25, -0.2) is 0 Å². The number of fused-ring (bicyclic) bond motifs is 3. The first-order valence-corrected chi connectivity index (χ1v) is 7.42. The van der Waals surface area contributed by atoms with E-state index in [2.05, 4.69) is 13.2 Å². The van der Waals surface area contributed by atoms with Crippen LogP contribution in [0.5, 0.6) is 0 Å². The first-order valence-electron chi connectivity index (χ1n) is 7.42. The predicted octanol–water partition coefficient (Wildman–Crippen LogP) is 3.27. The Morgan fingerprint density at radius 3 is 1.62 bits per heavy atom. The van der Waals surface area contributed by atoms with Gasteiger partial charge < -0.3 is 10.2 Å². The number of hydrogen-bond acceptors (Lipinski definition) is 2. The summed E-state index contributed by atoms with van der Waals surface area (Å²) in [6.07, 6.45) is 7.23. The van der Waals surface area contributed by atoms with E-state index in [1.54, 1.807) is 12.2 Å². The topological polar surface area (TPSA) is 74.6 Å². The average Bonchev–Trinajstić information content (AvgIpc) is 2.70. The third-order valence-corrected chi connectivity index (χ3v) is 4.89. The van der Waals surface area contributed by atoms with Crippen molar-refractivity contribution in [3.05, 3.63) is 36.5 Å². The second-order valence-electron chi connectivity index (χ2n) is 5.91. The van der Waals surface area contributed by atoms with Gasteiger partial charge in [-0.3, -0.25) is 9.59 Å². The maximum Gasteiger partial charge on any atom is 0.308 e. The molecule has 4 atom stereocenters. The lowest BCUT2D eigenvalue weighted by Gasteiger charge is -2.39. The summed E-state index contributed by atoms with van der Waals surface area (Å²) in [6.45, 7) is 7.53. The summed E-state index contributed by atoms with van der Waals surface area (Å²) in [5.74, 6) is -3.99. The van der Waals surface area contributed by atoms with Crippen LogP contribution in [-0.4, -0.2) is 22.2 Å². The number of aliphatic carboxylic acids is 2. The summed E-state index contributed by atoms with van der Waals surface area (Å²) in [6, 6.07) is 0. The molecule has 0 spiro atoms. The molecule has 1 fully saturated rings. The van der Waals surface area contributed by atoms with E-state index in [1.165, 1.54) is 0 Å². The first kappa shape index (κ1) is 15.5. The third-order valence-electron chi connectivity index (χ3n) is 4.89. The van der Waals surface area contributed by atoms with Gasteiger partial charge in [0.05, 0.1) is 11.8 Å². The van der Waals surface area contributed by atoms with E-state index < -0.39 is 23.8 Å². The van der Waals surface area contributed by atoms with E-state index in [0.717, 1.165) is 30.4 Å². The van der Waals surface area contributed by atoms with Gasteiger partial charge in [0.15, 0.2) is 0 Å². The molecule has 0 aliphatic heterocycles. The minimum Gasteiger partial charge on any atom is -0.481 e. The van der Waals surface area contributed by atoms with Crippen molar-refractivity contribution in [3.8, 4) is 0 Å². The summed E-state index contributed by atoms with van der Waals surface area (Å²) in [4.78, 5) is 23.4. The molecule has 0 aromatic carbocycles. The number of carbonyl (C=O) groups is 2. The fraction of sp³-hybridized carbons (Fsp3) is 0.529. The highest BCUT2D eigenvalue weighted by atomic mass is 16.4. The van der Waals surface area contributed by atoms with E-state index in [1.807, 2.05) is 0 Å². The van der Waals surface area contributed by atoms with Crippen LogP contribution in [-0.2, 0) is 9.59 Å². The van der Waals surface area contributed by atoms with Crippen molar-refractivity contribution in [1.29, 1.82) is 0 Å². The summed E-state index contributed by atoms with van der Waals surface area (Å²) < 4.78 is 0. The maximum absolute atomic E-state index is 11.7. The lowest BCUT2D eigenvalue weighted by Crippen LogP contribution is -2.43. The van der Waals surface area contributed by atoms with Gasteiger partial charge in [0, 0.05) is 0 Å². The molecule has 0 heterocycles. The molecule has 1 saturated carbocycles. The molecule has 2 bridgehead atoms. The van der Waals surface area contributed by atoms with Gasteiger partial charge in [-0.15, -0.1) is 13.2 Å². The first-order chi connectivity index (χ1) is 10.0. The van der Waals surface area contributed by atoms with Gasteiger partial charge in [0.2, 0.25) is 0 Å². The van der Waals surface area contributed by atoms with Crippen molar-refractivity contribution >= 4 is 11.9 Å². The van der Waals surface area contributed by atoms with Crippen LogP contribution >= 0.6 is 0 Å². The fourth-order valence-electron chi connectivity index (χ4n) is 4.20. The Labute approximate surface area is 124 Å². The van der Waals surface area contributed by atoms with Crippen molar-refractivity contribution < 1.29 is 19.8 Å². The standard InChI is InChI=1S/C17H22O4/c1-3-6-10-11(7-4-2)13-9-5-8-12(10)14(16(18)19)15(13)17(20)21/h3-4,12-15H,1-2,5-9H2,(H,18,19)(H,20,21). The Balaban J connectivity index is 2.59. The highest BCUT2D eigenvalue weighted by molar-refractivity contribution is 5.82. The summed E-state index contributed by atoms with van der Waals surface area (Å²) in [5.41, 5.74) is 2.19. The van der Waals surface area contributed by atoms with Crippen LogP contribution in [0.25, 0.3) is 0 Å². The Morgan fingerprint density at radius 1 is 0.952 bits per heavy atom. The second kappa shape index (κ2) is 6.29. The lowest BCUT2D eigenvalue weighted by atomic mass is 9.63. The molecule has 0 radical (unpaired) electrons. The molecule has 21 heavy (non-hydrogen) atoms. The summed E-state index contributed by atoms with van der Waals surface area (Å²) >= 11 is 0. The number of carboxylic acids is 2. The van der Waals surface area contributed by atoms with E-state index in [0.29, 0.717) is 12.8 Å². The molecule has 2 N–H and O–H groups in total. The molecule has 0 amide bonds. The van der Waals surface area contributed by atoms with Crippen molar-refractivity contribution in [2.75, 3.05) is 0 Å². The van der Waals surface area contributed by atoms with Crippen LogP contribution in [0.2, 0.25) is 0 Å². The summed E-state index contributed by atoms with van der Waals surface area (Å²) in [5, 5.41) is 19.1. The molecular weight excluding hydrogens is 268 g/mol. The Hall–Kier alpha value is -1.84. The molecule has 4 nitrogen and oxygen atoms in total. The molecule has 114 valence electrons. The predicted molar refractivity (Wildman–Crippen MR) is 79.7 cm³/mol. The van der Waals surface area contributed by atoms with Gasteiger partial charge in [-0.05, 0) is 37.5 Å². The molecule has 3 aliphatic rings. The SMILES string of the molecule is C=CCC1=C(CC=C)C2CCCC1C(C(=O)O)C2C(=O)O. The van der Waals surface area contributed by atoms with Crippen LogP contribution in [0.15, 0.2) is 36.5 Å². The number of allylic oxidation sites excluding steroid dienone is 4. The summed E-state index contributed by atoms with van der Waals surface area (Å²) in [7, 11) is 0. The van der Waals surface area contributed by atoms with Gasteiger partial charge in [-0.2, -0.15) is 0 Å². The van der Waals surface area contributed by atoms with Crippen LogP contribution in [0, 0.1) is 23.7 Å². The maximum atomic E-state index is 11.7. The highest BCUT2D eigenvalue weighted by Crippen LogP contribution is 2.52. The molecular formula is C17H22O4. The molecule has 0 aromatic rings. The van der Waals surface area contributed by atoms with Crippen LogP contribution in [0.1, 0.15) is 32.1 Å². The van der Waals surface area contributed by atoms with Crippen molar-refractivity contribution in [3.63, 3.8) is 0 Å². The zero-order valence-corrected chi connectivity index (χ0v) is 12.1. The molecule has 0 aromatic heterocycles. The molecule has 3 aliphatic carbocycles. The average molecular weight is 290 g/mol. The van der Waals surface area contributed by atoms with E-state index in [9.17, 15) is 19.8 Å². The lowest BCUT2D eigenvalue weighted by molar-refractivity contribution is -0.157. The smallest absolute Gasteiger partial charge is 0.308 e. The van der Waals surface area contributed by atoms with Crippen molar-refractivity contribution in [2.24, 2.45) is 23.7 Å². The Morgan fingerprint density at radius 2 is 1.33 bits per heavy atom. The zero-order valence-electron chi connectivity index (χ0n) is 12.1. The number of hydrogen-bond donors (Lipinski definition) is 2. The van der Waals surface area contributed by atoms with Gasteiger partial charge in [0.25, 0.3) is 0 Å². The van der Waals surface area contributed by atoms with E-state index >= 15 is 0 Å². The number of carboxylic acid groups (broad SMARTS) is 2. The fourth-order valence-corrected chi connectivity index (χ4v) is 4.20. The largest absolute Gasteiger partial charge is 0.481 e.